The van der Waals surface area contributed by atoms with Gasteiger partial charge in [-0.15, -0.1) is 0 Å². The van der Waals surface area contributed by atoms with E-state index in [1.165, 1.54) is 19.3 Å². The molecule has 1 aliphatic heterocycles. The Morgan fingerprint density at radius 1 is 1.32 bits per heavy atom. The maximum absolute atomic E-state index is 12.4. The smallest absolute Gasteiger partial charge is 0.222 e. The zero-order chi connectivity index (χ0) is 17.3. The summed E-state index contributed by atoms with van der Waals surface area (Å²) in [6.45, 7) is 3.32. The molecular weight excluding hydrogens is 314 g/mol. The Hall–Kier alpha value is -1.88. The summed E-state index contributed by atoms with van der Waals surface area (Å²) in [4.78, 5) is 17.0. The van der Waals surface area contributed by atoms with Crippen molar-refractivity contribution in [2.24, 2.45) is 0 Å². The standard InChI is InChI=1S/C20H27N3O2/c1-15-21-17-7-3-4-8-18(17)23(15)12-9-19(24)22-16-13-20(25-14-16)10-5-2-6-11-20/h3-4,7-8,16H,2,5-6,9-14H2,1H3,(H,22,24)/t16-/m0/s1. The van der Waals surface area contributed by atoms with E-state index in [1.54, 1.807) is 0 Å². The molecule has 1 N–H and O–H groups in total. The first-order chi connectivity index (χ1) is 12.2. The van der Waals surface area contributed by atoms with Crippen molar-refractivity contribution in [3.05, 3.63) is 30.1 Å². The number of fused-ring (bicyclic) bond motifs is 1. The Morgan fingerprint density at radius 2 is 2.12 bits per heavy atom. The van der Waals surface area contributed by atoms with Gasteiger partial charge in [0, 0.05) is 13.0 Å². The summed E-state index contributed by atoms with van der Waals surface area (Å²) in [5.41, 5.74) is 2.13. The summed E-state index contributed by atoms with van der Waals surface area (Å²) in [5, 5.41) is 3.18. The molecule has 2 fully saturated rings. The fourth-order valence-corrected chi connectivity index (χ4v) is 4.47. The van der Waals surface area contributed by atoms with E-state index in [9.17, 15) is 4.79 Å². The van der Waals surface area contributed by atoms with Crippen LogP contribution in [-0.4, -0.2) is 33.7 Å². The van der Waals surface area contributed by atoms with Crippen LogP contribution in [0.15, 0.2) is 24.3 Å². The van der Waals surface area contributed by atoms with Crippen molar-refractivity contribution in [2.75, 3.05) is 6.61 Å². The van der Waals surface area contributed by atoms with E-state index in [0.29, 0.717) is 19.6 Å². The third kappa shape index (κ3) is 3.43. The van der Waals surface area contributed by atoms with Gasteiger partial charge in [-0.1, -0.05) is 31.4 Å². The highest BCUT2D eigenvalue weighted by Gasteiger charge is 2.41. The first-order valence-corrected chi connectivity index (χ1v) is 9.50. The number of ether oxygens (including phenoxy) is 1. The maximum atomic E-state index is 12.4. The number of carbonyl (C=O) groups is 1. The van der Waals surface area contributed by atoms with Gasteiger partial charge in [-0.25, -0.2) is 4.98 Å². The molecule has 5 heteroatoms. The summed E-state index contributed by atoms with van der Waals surface area (Å²) in [5.74, 6) is 1.07. The number of rotatable bonds is 4. The van der Waals surface area contributed by atoms with Gasteiger partial charge in [-0.05, 0) is 38.3 Å². The molecule has 2 aliphatic rings. The minimum Gasteiger partial charge on any atom is -0.373 e. The van der Waals surface area contributed by atoms with Crippen LogP contribution in [0.2, 0.25) is 0 Å². The van der Waals surface area contributed by atoms with Gasteiger partial charge in [-0.2, -0.15) is 0 Å². The van der Waals surface area contributed by atoms with Crippen LogP contribution in [0.4, 0.5) is 0 Å². The molecule has 1 aliphatic carbocycles. The molecular formula is C20H27N3O2. The van der Waals surface area contributed by atoms with Crippen LogP contribution in [0.3, 0.4) is 0 Å². The van der Waals surface area contributed by atoms with Gasteiger partial charge in [0.15, 0.2) is 0 Å². The summed E-state index contributed by atoms with van der Waals surface area (Å²) in [6.07, 6.45) is 7.59. The number of para-hydroxylation sites is 2. The van der Waals surface area contributed by atoms with Gasteiger partial charge in [0.2, 0.25) is 5.91 Å². The monoisotopic (exact) mass is 341 g/mol. The molecule has 1 amide bonds. The SMILES string of the molecule is Cc1nc2ccccc2n1CCC(=O)N[C@@H]1COC2(CCCCC2)C1. The summed E-state index contributed by atoms with van der Waals surface area (Å²) < 4.78 is 8.22. The highest BCUT2D eigenvalue weighted by Crippen LogP contribution is 2.39. The molecule has 134 valence electrons. The lowest BCUT2D eigenvalue weighted by Gasteiger charge is -2.32. The number of carbonyl (C=O) groups excluding carboxylic acids is 1. The number of hydrogen-bond donors (Lipinski definition) is 1. The van der Waals surface area contributed by atoms with E-state index >= 15 is 0 Å². The Balaban J connectivity index is 1.33. The number of hydrogen-bond acceptors (Lipinski definition) is 3. The van der Waals surface area contributed by atoms with Crippen molar-refractivity contribution in [2.45, 2.75) is 70.1 Å². The third-order valence-corrected chi connectivity index (χ3v) is 5.75. The van der Waals surface area contributed by atoms with Crippen molar-refractivity contribution in [3.8, 4) is 0 Å². The molecule has 2 heterocycles. The molecule has 1 saturated carbocycles. The summed E-state index contributed by atoms with van der Waals surface area (Å²) in [6, 6.07) is 8.25. The van der Waals surface area contributed by atoms with Crippen LogP contribution in [0.25, 0.3) is 11.0 Å². The van der Waals surface area contributed by atoms with Crippen LogP contribution in [0, 0.1) is 6.92 Å². The molecule has 1 aromatic carbocycles. The van der Waals surface area contributed by atoms with E-state index < -0.39 is 0 Å². The molecule has 1 saturated heterocycles. The molecule has 0 bridgehead atoms. The Kier molecular flexibility index (Phi) is 4.50. The van der Waals surface area contributed by atoms with Crippen molar-refractivity contribution < 1.29 is 9.53 Å². The minimum absolute atomic E-state index is 0.0489. The lowest BCUT2D eigenvalue weighted by atomic mass is 9.82. The van der Waals surface area contributed by atoms with Gasteiger partial charge in [0.05, 0.1) is 29.3 Å². The van der Waals surface area contributed by atoms with Crippen LogP contribution in [0.5, 0.6) is 0 Å². The first-order valence-electron chi connectivity index (χ1n) is 9.50. The van der Waals surface area contributed by atoms with Crippen LogP contribution >= 0.6 is 0 Å². The fraction of sp³-hybridized carbons (Fsp3) is 0.600. The van der Waals surface area contributed by atoms with Crippen molar-refractivity contribution >= 4 is 16.9 Å². The normalized spacial score (nSPS) is 22.5. The number of nitrogens with zero attached hydrogens (tertiary/aromatic N) is 2. The van der Waals surface area contributed by atoms with Crippen LogP contribution in [0.1, 0.15) is 50.8 Å². The predicted octanol–water partition coefficient (Wildman–Crippen LogP) is 3.34. The molecule has 5 nitrogen and oxygen atoms in total. The second-order valence-electron chi connectivity index (χ2n) is 7.57. The summed E-state index contributed by atoms with van der Waals surface area (Å²) in [7, 11) is 0. The largest absolute Gasteiger partial charge is 0.373 e. The average Bonchev–Trinajstić information content (AvgIpc) is 3.14. The van der Waals surface area contributed by atoms with Crippen LogP contribution in [-0.2, 0) is 16.1 Å². The predicted molar refractivity (Wildman–Crippen MR) is 97.4 cm³/mol. The van der Waals surface area contributed by atoms with Crippen molar-refractivity contribution in [1.82, 2.24) is 14.9 Å². The van der Waals surface area contributed by atoms with Gasteiger partial charge >= 0.3 is 0 Å². The fourth-order valence-electron chi connectivity index (χ4n) is 4.47. The number of aryl methyl sites for hydroxylation is 2. The Bertz CT molecular complexity index is 761. The molecule has 1 aromatic heterocycles. The van der Waals surface area contributed by atoms with Gasteiger partial charge < -0.3 is 14.6 Å². The van der Waals surface area contributed by atoms with Gasteiger partial charge in [0.1, 0.15) is 5.82 Å². The second kappa shape index (κ2) is 6.79. The highest BCUT2D eigenvalue weighted by atomic mass is 16.5. The number of imidazole rings is 1. The third-order valence-electron chi connectivity index (χ3n) is 5.75. The van der Waals surface area contributed by atoms with E-state index in [0.717, 1.165) is 36.1 Å². The molecule has 2 aromatic rings. The zero-order valence-electron chi connectivity index (χ0n) is 15.0. The van der Waals surface area contributed by atoms with E-state index in [1.807, 2.05) is 25.1 Å². The van der Waals surface area contributed by atoms with Gasteiger partial charge in [-0.3, -0.25) is 4.79 Å². The molecule has 0 radical (unpaired) electrons. The number of aromatic nitrogens is 2. The Labute approximate surface area is 148 Å². The Morgan fingerprint density at radius 3 is 2.96 bits per heavy atom. The highest BCUT2D eigenvalue weighted by molar-refractivity contribution is 5.78. The molecule has 1 atom stereocenters. The molecule has 0 unspecified atom stereocenters. The average molecular weight is 341 g/mol. The van der Waals surface area contributed by atoms with Crippen molar-refractivity contribution in [1.29, 1.82) is 0 Å². The quantitative estimate of drug-likeness (QED) is 0.928. The molecule has 4 rings (SSSR count). The van der Waals surface area contributed by atoms with Crippen molar-refractivity contribution in [3.63, 3.8) is 0 Å². The van der Waals surface area contributed by atoms with Crippen LogP contribution < -0.4 is 5.32 Å². The molecule has 1 spiro atoms. The number of benzene rings is 1. The number of amides is 1. The van der Waals surface area contributed by atoms with Gasteiger partial charge in [0.25, 0.3) is 0 Å². The zero-order valence-corrected chi connectivity index (χ0v) is 15.0. The maximum Gasteiger partial charge on any atom is 0.222 e. The second-order valence-corrected chi connectivity index (χ2v) is 7.57. The molecule has 25 heavy (non-hydrogen) atoms. The van der Waals surface area contributed by atoms with E-state index in [-0.39, 0.29) is 17.6 Å². The lowest BCUT2D eigenvalue weighted by molar-refractivity contribution is -0.122. The van der Waals surface area contributed by atoms with E-state index in [2.05, 4.69) is 20.9 Å². The topological polar surface area (TPSA) is 56.2 Å². The first kappa shape index (κ1) is 16.6. The van der Waals surface area contributed by atoms with E-state index in [4.69, 9.17) is 4.74 Å². The minimum atomic E-state index is 0.0489. The summed E-state index contributed by atoms with van der Waals surface area (Å²) >= 11 is 0. The number of nitrogens with one attached hydrogen (secondary N) is 1. The lowest BCUT2D eigenvalue weighted by Crippen LogP contribution is -2.37.